The summed E-state index contributed by atoms with van der Waals surface area (Å²) in [5.41, 5.74) is 3.47. The molecule has 4 aromatic rings. The van der Waals surface area contributed by atoms with E-state index in [-0.39, 0.29) is 0 Å². The van der Waals surface area contributed by atoms with Crippen molar-refractivity contribution in [3.05, 3.63) is 60.9 Å². The van der Waals surface area contributed by atoms with E-state index in [0.717, 1.165) is 5.52 Å². The van der Waals surface area contributed by atoms with Gasteiger partial charge in [-0.1, -0.05) is 36.4 Å². The lowest BCUT2D eigenvalue weighted by molar-refractivity contribution is 1.17. The molecule has 0 saturated heterocycles. The van der Waals surface area contributed by atoms with Gasteiger partial charge in [0.05, 0.1) is 16.6 Å². The molecule has 0 aliphatic heterocycles. The van der Waals surface area contributed by atoms with Gasteiger partial charge in [-0.2, -0.15) is 0 Å². The molecule has 0 fully saturated rings. The number of rotatable bonds is 0. The molecule has 17 heavy (non-hydrogen) atoms. The van der Waals surface area contributed by atoms with E-state index in [1.807, 2.05) is 18.5 Å². The van der Waals surface area contributed by atoms with Crippen molar-refractivity contribution in [1.29, 1.82) is 0 Å². The maximum atomic E-state index is 4.49. The maximum Gasteiger partial charge on any atom is 0.100 e. The summed E-state index contributed by atoms with van der Waals surface area (Å²) in [5, 5.41) is 2.46. The van der Waals surface area contributed by atoms with Crippen LogP contribution in [-0.2, 0) is 0 Å². The van der Waals surface area contributed by atoms with Gasteiger partial charge in [0.1, 0.15) is 6.33 Å². The van der Waals surface area contributed by atoms with Crippen molar-refractivity contribution in [2.24, 2.45) is 0 Å². The van der Waals surface area contributed by atoms with Crippen molar-refractivity contribution in [1.82, 2.24) is 9.38 Å². The Kier molecular flexibility index (Phi) is 1.59. The van der Waals surface area contributed by atoms with Gasteiger partial charge in [0.25, 0.3) is 0 Å². The molecule has 0 saturated carbocycles. The molecule has 0 unspecified atom stereocenters. The maximum absolute atomic E-state index is 4.49. The molecule has 0 aliphatic rings. The highest BCUT2D eigenvalue weighted by Crippen LogP contribution is 2.25. The van der Waals surface area contributed by atoms with Crippen molar-refractivity contribution in [2.75, 3.05) is 0 Å². The SMILES string of the molecule is c1ccc2c(c1)cc1c3ccccc3ncn21. The second-order valence-corrected chi connectivity index (χ2v) is 4.22. The number of benzene rings is 2. The summed E-state index contributed by atoms with van der Waals surface area (Å²) in [5.74, 6) is 0. The highest BCUT2D eigenvalue weighted by molar-refractivity contribution is 6.00. The van der Waals surface area contributed by atoms with Crippen LogP contribution in [0.25, 0.3) is 27.3 Å². The van der Waals surface area contributed by atoms with Gasteiger partial charge in [-0.25, -0.2) is 4.98 Å². The standard InChI is InChI=1S/C15H10N2/c1-4-8-14-11(5-1)9-15-12-6-2-3-7-13(12)16-10-17(14)15/h1-10H. The van der Waals surface area contributed by atoms with Crippen molar-refractivity contribution < 1.29 is 0 Å². The third kappa shape index (κ3) is 1.12. The zero-order valence-electron chi connectivity index (χ0n) is 9.17. The van der Waals surface area contributed by atoms with Crippen LogP contribution >= 0.6 is 0 Å². The average molecular weight is 218 g/mol. The topological polar surface area (TPSA) is 17.3 Å². The van der Waals surface area contributed by atoms with Crippen LogP contribution < -0.4 is 0 Å². The molecule has 2 heterocycles. The summed E-state index contributed by atoms with van der Waals surface area (Å²) >= 11 is 0. The third-order valence-electron chi connectivity index (χ3n) is 3.24. The van der Waals surface area contributed by atoms with Crippen LogP contribution in [0.2, 0.25) is 0 Å². The minimum Gasteiger partial charge on any atom is -0.300 e. The van der Waals surface area contributed by atoms with E-state index in [0.29, 0.717) is 0 Å². The molecule has 80 valence electrons. The van der Waals surface area contributed by atoms with Gasteiger partial charge in [-0.05, 0) is 18.2 Å². The molecule has 0 radical (unpaired) electrons. The average Bonchev–Trinajstić information content (AvgIpc) is 2.78. The second-order valence-electron chi connectivity index (χ2n) is 4.22. The predicted molar refractivity (Wildman–Crippen MR) is 70.2 cm³/mol. The first-order chi connectivity index (χ1) is 8.43. The molecule has 0 N–H and O–H groups in total. The highest BCUT2D eigenvalue weighted by atomic mass is 15.0. The van der Waals surface area contributed by atoms with E-state index >= 15 is 0 Å². The first-order valence-corrected chi connectivity index (χ1v) is 5.67. The first-order valence-electron chi connectivity index (χ1n) is 5.67. The molecule has 2 aromatic carbocycles. The Balaban J connectivity index is 2.34. The summed E-state index contributed by atoms with van der Waals surface area (Å²) in [7, 11) is 0. The van der Waals surface area contributed by atoms with E-state index < -0.39 is 0 Å². The first kappa shape index (κ1) is 8.76. The number of fused-ring (bicyclic) bond motifs is 5. The van der Waals surface area contributed by atoms with Gasteiger partial charge >= 0.3 is 0 Å². The quantitative estimate of drug-likeness (QED) is 0.440. The third-order valence-corrected chi connectivity index (χ3v) is 3.24. The minimum atomic E-state index is 1.04. The summed E-state index contributed by atoms with van der Waals surface area (Å²) in [6.07, 6.45) is 1.90. The van der Waals surface area contributed by atoms with Gasteiger partial charge in [0.2, 0.25) is 0 Å². The normalized spacial score (nSPS) is 11.5. The number of para-hydroxylation sites is 2. The Morgan fingerprint density at radius 3 is 2.65 bits per heavy atom. The molecule has 0 atom stereocenters. The number of hydrogen-bond acceptors (Lipinski definition) is 1. The Labute approximate surface area is 98.1 Å². The molecular formula is C15H10N2. The molecule has 2 heteroatoms. The number of aromatic nitrogens is 2. The second kappa shape index (κ2) is 3.08. The van der Waals surface area contributed by atoms with Gasteiger partial charge in [-0.3, -0.25) is 4.40 Å². The van der Waals surface area contributed by atoms with Crippen LogP contribution in [0.1, 0.15) is 0 Å². The minimum absolute atomic E-state index is 1.04. The van der Waals surface area contributed by atoms with E-state index in [2.05, 4.69) is 51.8 Å². The van der Waals surface area contributed by atoms with Gasteiger partial charge in [0, 0.05) is 10.8 Å². The fourth-order valence-electron chi connectivity index (χ4n) is 2.43. The van der Waals surface area contributed by atoms with E-state index in [1.165, 1.54) is 21.8 Å². The number of hydrogen-bond donors (Lipinski definition) is 0. The molecule has 0 spiro atoms. The summed E-state index contributed by atoms with van der Waals surface area (Å²) in [6.45, 7) is 0. The lowest BCUT2D eigenvalue weighted by Crippen LogP contribution is -1.87. The lowest BCUT2D eigenvalue weighted by Gasteiger charge is -2.00. The molecule has 2 nitrogen and oxygen atoms in total. The molecule has 2 aromatic heterocycles. The van der Waals surface area contributed by atoms with E-state index in [9.17, 15) is 0 Å². The smallest absolute Gasteiger partial charge is 0.100 e. The van der Waals surface area contributed by atoms with Crippen LogP contribution in [-0.4, -0.2) is 9.38 Å². The lowest BCUT2D eigenvalue weighted by atomic mass is 10.2. The van der Waals surface area contributed by atoms with Crippen LogP contribution in [0.3, 0.4) is 0 Å². The number of nitrogens with zero attached hydrogens (tertiary/aromatic N) is 2. The molecule has 0 aliphatic carbocycles. The fourth-order valence-corrected chi connectivity index (χ4v) is 2.43. The van der Waals surface area contributed by atoms with E-state index in [1.54, 1.807) is 0 Å². The summed E-state index contributed by atoms with van der Waals surface area (Å²) in [4.78, 5) is 4.49. The Bertz CT molecular complexity index is 843. The fraction of sp³-hybridized carbons (Fsp3) is 0. The van der Waals surface area contributed by atoms with Gasteiger partial charge < -0.3 is 0 Å². The Morgan fingerprint density at radius 2 is 1.65 bits per heavy atom. The van der Waals surface area contributed by atoms with Crippen LogP contribution in [0.15, 0.2) is 60.9 Å². The van der Waals surface area contributed by atoms with Crippen molar-refractivity contribution in [2.45, 2.75) is 0 Å². The summed E-state index contributed by atoms with van der Waals surface area (Å²) < 4.78 is 2.15. The molecule has 0 bridgehead atoms. The van der Waals surface area contributed by atoms with Crippen molar-refractivity contribution >= 4 is 27.3 Å². The van der Waals surface area contributed by atoms with Crippen LogP contribution in [0.5, 0.6) is 0 Å². The van der Waals surface area contributed by atoms with Crippen molar-refractivity contribution in [3.63, 3.8) is 0 Å². The van der Waals surface area contributed by atoms with Gasteiger partial charge in [0.15, 0.2) is 0 Å². The highest BCUT2D eigenvalue weighted by Gasteiger charge is 2.05. The monoisotopic (exact) mass is 218 g/mol. The van der Waals surface area contributed by atoms with Crippen LogP contribution in [0.4, 0.5) is 0 Å². The largest absolute Gasteiger partial charge is 0.300 e. The predicted octanol–water partition coefficient (Wildman–Crippen LogP) is 3.64. The Hall–Kier alpha value is -2.35. The zero-order chi connectivity index (χ0) is 11.2. The zero-order valence-corrected chi connectivity index (χ0v) is 9.17. The summed E-state index contributed by atoms with van der Waals surface area (Å²) in [6, 6.07) is 18.9. The molecule has 0 amide bonds. The van der Waals surface area contributed by atoms with E-state index in [4.69, 9.17) is 0 Å². The molecule has 4 rings (SSSR count). The van der Waals surface area contributed by atoms with Crippen LogP contribution in [0, 0.1) is 0 Å². The van der Waals surface area contributed by atoms with Gasteiger partial charge in [-0.15, -0.1) is 0 Å². The van der Waals surface area contributed by atoms with Crippen molar-refractivity contribution in [3.8, 4) is 0 Å². The Morgan fingerprint density at radius 1 is 0.824 bits per heavy atom. The molecular weight excluding hydrogens is 208 g/mol.